The zero-order chi connectivity index (χ0) is 14.0. The smallest absolute Gasteiger partial charge is 0.0412 e. The summed E-state index contributed by atoms with van der Waals surface area (Å²) in [5.41, 5.74) is 7.56. The lowest BCUT2D eigenvalue weighted by Crippen LogP contribution is -2.34. The topological polar surface area (TPSA) is 26.0 Å². The maximum Gasteiger partial charge on any atom is 0.0412 e. The summed E-state index contributed by atoms with van der Waals surface area (Å²) < 4.78 is 0. The SMILES string of the molecule is NCCCCC1(c2ccc3cc(Cl)ccc3c2)CCC1. The van der Waals surface area contributed by atoms with Crippen molar-refractivity contribution in [2.75, 3.05) is 6.54 Å². The lowest BCUT2D eigenvalue weighted by Gasteiger charge is -2.43. The molecule has 2 N–H and O–H groups in total. The van der Waals surface area contributed by atoms with Crippen molar-refractivity contribution < 1.29 is 0 Å². The highest BCUT2D eigenvalue weighted by molar-refractivity contribution is 6.31. The maximum absolute atomic E-state index is 6.06. The Morgan fingerprint density at radius 1 is 1.00 bits per heavy atom. The molecule has 0 aromatic heterocycles. The van der Waals surface area contributed by atoms with Gasteiger partial charge in [0.1, 0.15) is 0 Å². The van der Waals surface area contributed by atoms with Crippen molar-refractivity contribution in [3.8, 4) is 0 Å². The number of rotatable bonds is 5. The second-order valence-corrected chi connectivity index (χ2v) is 6.52. The Kier molecular flexibility index (Phi) is 4.00. The second-order valence-electron chi connectivity index (χ2n) is 6.09. The molecular formula is C18H22ClN. The predicted octanol–water partition coefficient (Wildman–Crippen LogP) is 5.04. The lowest BCUT2D eigenvalue weighted by molar-refractivity contribution is 0.220. The van der Waals surface area contributed by atoms with Crippen molar-refractivity contribution in [2.45, 2.75) is 43.9 Å². The molecule has 3 rings (SSSR count). The minimum atomic E-state index is 0.420. The summed E-state index contributed by atoms with van der Waals surface area (Å²) in [5, 5.41) is 3.35. The number of fused-ring (bicyclic) bond motifs is 1. The minimum Gasteiger partial charge on any atom is -0.330 e. The number of hydrogen-bond donors (Lipinski definition) is 1. The van der Waals surface area contributed by atoms with Gasteiger partial charge in [-0.25, -0.2) is 0 Å². The number of hydrogen-bond acceptors (Lipinski definition) is 1. The predicted molar refractivity (Wildman–Crippen MR) is 87.4 cm³/mol. The molecule has 1 fully saturated rings. The highest BCUT2D eigenvalue weighted by Crippen LogP contribution is 2.48. The van der Waals surface area contributed by atoms with E-state index in [2.05, 4.69) is 24.3 Å². The van der Waals surface area contributed by atoms with Crippen LogP contribution in [0.2, 0.25) is 5.02 Å². The molecular weight excluding hydrogens is 266 g/mol. The van der Waals surface area contributed by atoms with Crippen LogP contribution in [-0.4, -0.2) is 6.54 Å². The standard InChI is InChI=1S/C18H22ClN/c19-17-7-5-14-12-16(6-4-15(14)13-17)18(9-3-10-18)8-1-2-11-20/h4-7,12-13H,1-3,8-11,20H2. The third-order valence-electron chi connectivity index (χ3n) is 4.83. The third-order valence-corrected chi connectivity index (χ3v) is 5.07. The average Bonchev–Trinajstić information content (AvgIpc) is 2.41. The number of unbranched alkanes of at least 4 members (excludes halogenated alkanes) is 1. The summed E-state index contributed by atoms with van der Waals surface area (Å²) in [4.78, 5) is 0. The van der Waals surface area contributed by atoms with Crippen LogP contribution in [0, 0.1) is 0 Å². The highest BCUT2D eigenvalue weighted by Gasteiger charge is 2.37. The van der Waals surface area contributed by atoms with Gasteiger partial charge in [0, 0.05) is 5.02 Å². The van der Waals surface area contributed by atoms with E-state index in [1.165, 1.54) is 48.4 Å². The molecule has 1 aliphatic carbocycles. The molecule has 2 heteroatoms. The Morgan fingerprint density at radius 2 is 1.75 bits per heavy atom. The van der Waals surface area contributed by atoms with E-state index in [0.29, 0.717) is 5.41 Å². The summed E-state index contributed by atoms with van der Waals surface area (Å²) in [5.74, 6) is 0. The Bertz CT molecular complexity index is 601. The van der Waals surface area contributed by atoms with Gasteiger partial charge in [0.2, 0.25) is 0 Å². The van der Waals surface area contributed by atoms with Crippen LogP contribution < -0.4 is 5.73 Å². The molecule has 2 aromatic rings. The zero-order valence-corrected chi connectivity index (χ0v) is 12.6. The minimum absolute atomic E-state index is 0.420. The van der Waals surface area contributed by atoms with Gasteiger partial charge < -0.3 is 5.73 Å². The first-order valence-corrected chi connectivity index (χ1v) is 8.01. The van der Waals surface area contributed by atoms with E-state index < -0.39 is 0 Å². The Labute approximate surface area is 126 Å². The van der Waals surface area contributed by atoms with Gasteiger partial charge >= 0.3 is 0 Å². The number of benzene rings is 2. The highest BCUT2D eigenvalue weighted by atomic mass is 35.5. The van der Waals surface area contributed by atoms with Gasteiger partial charge in [-0.05, 0) is 66.1 Å². The van der Waals surface area contributed by atoms with Crippen molar-refractivity contribution in [3.63, 3.8) is 0 Å². The third kappa shape index (κ3) is 2.57. The van der Waals surface area contributed by atoms with Crippen LogP contribution in [0.5, 0.6) is 0 Å². The van der Waals surface area contributed by atoms with Crippen LogP contribution in [-0.2, 0) is 5.41 Å². The summed E-state index contributed by atoms with van der Waals surface area (Å²) in [6.07, 6.45) is 7.69. The van der Waals surface area contributed by atoms with Crippen molar-refractivity contribution in [1.29, 1.82) is 0 Å². The molecule has 0 saturated heterocycles. The van der Waals surface area contributed by atoms with Gasteiger partial charge in [-0.2, -0.15) is 0 Å². The van der Waals surface area contributed by atoms with Gasteiger partial charge in [0.05, 0.1) is 0 Å². The summed E-state index contributed by atoms with van der Waals surface area (Å²) in [7, 11) is 0. The normalized spacial score (nSPS) is 17.1. The van der Waals surface area contributed by atoms with E-state index in [1.54, 1.807) is 0 Å². The van der Waals surface area contributed by atoms with Gasteiger partial charge in [-0.1, -0.05) is 48.7 Å². The molecule has 20 heavy (non-hydrogen) atoms. The molecule has 0 bridgehead atoms. The Morgan fingerprint density at radius 3 is 2.45 bits per heavy atom. The molecule has 1 saturated carbocycles. The van der Waals surface area contributed by atoms with Crippen LogP contribution in [0.1, 0.15) is 44.1 Å². The molecule has 0 spiro atoms. The molecule has 0 heterocycles. The largest absolute Gasteiger partial charge is 0.330 e. The van der Waals surface area contributed by atoms with E-state index in [9.17, 15) is 0 Å². The number of halogens is 1. The number of nitrogens with two attached hydrogens (primary N) is 1. The first-order chi connectivity index (χ1) is 9.73. The van der Waals surface area contributed by atoms with Gasteiger partial charge in [0.15, 0.2) is 0 Å². The fraction of sp³-hybridized carbons (Fsp3) is 0.444. The molecule has 0 unspecified atom stereocenters. The quantitative estimate of drug-likeness (QED) is 0.766. The van der Waals surface area contributed by atoms with Crippen LogP contribution >= 0.6 is 11.6 Å². The summed E-state index contributed by atoms with van der Waals surface area (Å²) >= 11 is 6.06. The first kappa shape index (κ1) is 13.9. The summed E-state index contributed by atoms with van der Waals surface area (Å²) in [6, 6.07) is 13.1. The van der Waals surface area contributed by atoms with Crippen molar-refractivity contribution in [3.05, 3.63) is 47.0 Å². The molecule has 106 valence electrons. The molecule has 0 aliphatic heterocycles. The summed E-state index contributed by atoms with van der Waals surface area (Å²) in [6.45, 7) is 0.812. The van der Waals surface area contributed by atoms with Gasteiger partial charge in [-0.3, -0.25) is 0 Å². The molecule has 0 radical (unpaired) electrons. The Balaban J connectivity index is 1.89. The monoisotopic (exact) mass is 287 g/mol. The first-order valence-electron chi connectivity index (χ1n) is 7.63. The second kappa shape index (κ2) is 5.75. The Hall–Kier alpha value is -1.05. The van der Waals surface area contributed by atoms with Gasteiger partial charge in [0.25, 0.3) is 0 Å². The molecule has 0 atom stereocenters. The van der Waals surface area contributed by atoms with Gasteiger partial charge in [-0.15, -0.1) is 0 Å². The van der Waals surface area contributed by atoms with Crippen molar-refractivity contribution >= 4 is 22.4 Å². The zero-order valence-electron chi connectivity index (χ0n) is 11.9. The fourth-order valence-corrected chi connectivity index (χ4v) is 3.62. The lowest BCUT2D eigenvalue weighted by atomic mass is 9.62. The van der Waals surface area contributed by atoms with E-state index in [1.807, 2.05) is 12.1 Å². The van der Waals surface area contributed by atoms with E-state index in [0.717, 1.165) is 18.0 Å². The van der Waals surface area contributed by atoms with Crippen LogP contribution in [0.15, 0.2) is 36.4 Å². The van der Waals surface area contributed by atoms with Crippen molar-refractivity contribution in [1.82, 2.24) is 0 Å². The average molecular weight is 288 g/mol. The van der Waals surface area contributed by atoms with E-state index in [-0.39, 0.29) is 0 Å². The molecule has 1 nitrogen and oxygen atoms in total. The van der Waals surface area contributed by atoms with Crippen molar-refractivity contribution in [2.24, 2.45) is 5.73 Å². The van der Waals surface area contributed by atoms with Crippen LogP contribution in [0.4, 0.5) is 0 Å². The molecule has 0 amide bonds. The van der Waals surface area contributed by atoms with Crippen LogP contribution in [0.3, 0.4) is 0 Å². The molecule has 2 aromatic carbocycles. The van der Waals surface area contributed by atoms with E-state index >= 15 is 0 Å². The van der Waals surface area contributed by atoms with E-state index in [4.69, 9.17) is 17.3 Å². The molecule has 1 aliphatic rings. The maximum atomic E-state index is 6.06. The fourth-order valence-electron chi connectivity index (χ4n) is 3.44. The van der Waals surface area contributed by atoms with Crippen LogP contribution in [0.25, 0.3) is 10.8 Å².